The molecule has 12 heteroatoms. The SMILES string of the molecule is CCOC(=O)C1=C(CN2CCC(F)(F)C2)NC(c2nccs2)=NC1c1ccc(F)c(F)c1F. The number of benzene rings is 1. The summed E-state index contributed by atoms with van der Waals surface area (Å²) in [6.45, 7) is 0.973. The second-order valence-corrected chi connectivity index (χ2v) is 8.43. The van der Waals surface area contributed by atoms with Crippen molar-refractivity contribution < 1.29 is 31.5 Å². The number of halogens is 5. The van der Waals surface area contributed by atoms with Crippen molar-refractivity contribution >= 4 is 23.1 Å². The summed E-state index contributed by atoms with van der Waals surface area (Å²) in [6.07, 6.45) is 1.16. The molecule has 1 saturated heterocycles. The minimum absolute atomic E-state index is 0.0204. The number of thiazole rings is 1. The molecule has 4 rings (SSSR count). The summed E-state index contributed by atoms with van der Waals surface area (Å²) in [7, 11) is 0. The minimum atomic E-state index is -2.88. The molecule has 2 aliphatic rings. The van der Waals surface area contributed by atoms with Crippen LogP contribution in [0.3, 0.4) is 0 Å². The van der Waals surface area contributed by atoms with Crippen LogP contribution in [0.5, 0.6) is 0 Å². The van der Waals surface area contributed by atoms with Gasteiger partial charge in [-0.2, -0.15) is 0 Å². The van der Waals surface area contributed by atoms with Crippen molar-refractivity contribution in [2.24, 2.45) is 4.99 Å². The Morgan fingerprint density at radius 2 is 2.09 bits per heavy atom. The Hall–Kier alpha value is -2.86. The Kier molecular flexibility index (Phi) is 6.48. The number of nitrogens with zero attached hydrogens (tertiary/aromatic N) is 3. The number of rotatable bonds is 6. The molecule has 1 aromatic heterocycles. The van der Waals surface area contributed by atoms with Gasteiger partial charge in [0.25, 0.3) is 5.92 Å². The Bertz CT molecular complexity index is 1120. The van der Waals surface area contributed by atoms with E-state index in [4.69, 9.17) is 4.74 Å². The maximum atomic E-state index is 14.8. The van der Waals surface area contributed by atoms with E-state index in [1.165, 1.54) is 22.4 Å². The van der Waals surface area contributed by atoms with Crippen LogP contribution < -0.4 is 5.32 Å². The van der Waals surface area contributed by atoms with Crippen LogP contribution in [0.25, 0.3) is 0 Å². The molecule has 1 aromatic carbocycles. The lowest BCUT2D eigenvalue weighted by Crippen LogP contribution is -2.39. The molecule has 1 unspecified atom stereocenters. The molecule has 6 nitrogen and oxygen atoms in total. The first-order chi connectivity index (χ1) is 15.7. The maximum absolute atomic E-state index is 14.8. The first-order valence-electron chi connectivity index (χ1n) is 10.1. The number of alkyl halides is 2. The van der Waals surface area contributed by atoms with Crippen molar-refractivity contribution in [3.8, 4) is 0 Å². The highest BCUT2D eigenvalue weighted by atomic mass is 32.1. The number of carbonyl (C=O) groups is 1. The molecule has 1 fully saturated rings. The fourth-order valence-corrected chi connectivity index (χ4v) is 4.35. The quantitative estimate of drug-likeness (QED) is 0.382. The van der Waals surface area contributed by atoms with E-state index >= 15 is 0 Å². The van der Waals surface area contributed by atoms with Crippen LogP contribution in [-0.4, -0.2) is 53.9 Å². The monoisotopic (exact) mass is 486 g/mol. The smallest absolute Gasteiger partial charge is 0.338 e. The van der Waals surface area contributed by atoms with Gasteiger partial charge in [0.05, 0.1) is 18.7 Å². The molecule has 0 amide bonds. The van der Waals surface area contributed by atoms with Gasteiger partial charge in [-0.15, -0.1) is 11.3 Å². The molecule has 3 heterocycles. The number of likely N-dealkylation sites (tertiary alicyclic amines) is 1. The summed E-state index contributed by atoms with van der Waals surface area (Å²) < 4.78 is 75.1. The van der Waals surface area contributed by atoms with Crippen molar-refractivity contribution in [3.05, 3.63) is 63.0 Å². The summed E-state index contributed by atoms with van der Waals surface area (Å²) in [6, 6.07) is 0.322. The van der Waals surface area contributed by atoms with Crippen molar-refractivity contribution in [2.75, 3.05) is 26.2 Å². The zero-order valence-corrected chi connectivity index (χ0v) is 18.2. The van der Waals surface area contributed by atoms with Gasteiger partial charge in [-0.25, -0.2) is 31.7 Å². The molecule has 0 saturated carbocycles. The zero-order valence-electron chi connectivity index (χ0n) is 17.4. The number of aliphatic imine (C=N–C) groups is 1. The molecule has 0 aliphatic carbocycles. The van der Waals surface area contributed by atoms with Gasteiger partial charge in [0.1, 0.15) is 6.04 Å². The van der Waals surface area contributed by atoms with Crippen LogP contribution >= 0.6 is 11.3 Å². The molecular formula is C21H19F5N4O2S. The van der Waals surface area contributed by atoms with Gasteiger partial charge in [-0.05, 0) is 13.0 Å². The Labute approximate surface area is 189 Å². The lowest BCUT2D eigenvalue weighted by atomic mass is 9.94. The normalized spacial score (nSPS) is 20.5. The number of nitrogens with one attached hydrogen (secondary N) is 1. The van der Waals surface area contributed by atoms with Crippen molar-refractivity contribution in [2.45, 2.75) is 25.3 Å². The molecule has 2 aliphatic heterocycles. The van der Waals surface area contributed by atoms with Gasteiger partial charge in [-0.1, -0.05) is 6.07 Å². The van der Waals surface area contributed by atoms with E-state index in [0.717, 1.165) is 12.1 Å². The lowest BCUT2D eigenvalue weighted by Gasteiger charge is -2.29. The second-order valence-electron chi connectivity index (χ2n) is 7.54. The molecule has 0 bridgehead atoms. The maximum Gasteiger partial charge on any atom is 0.338 e. The highest BCUT2D eigenvalue weighted by Gasteiger charge is 2.41. The Morgan fingerprint density at radius 3 is 2.73 bits per heavy atom. The van der Waals surface area contributed by atoms with E-state index in [1.807, 2.05) is 0 Å². The number of amidine groups is 1. The summed E-state index contributed by atoms with van der Waals surface area (Å²) in [5, 5.41) is 4.99. The van der Waals surface area contributed by atoms with E-state index in [1.54, 1.807) is 12.3 Å². The number of carbonyl (C=O) groups excluding carboxylic acids is 1. The lowest BCUT2D eigenvalue weighted by molar-refractivity contribution is -0.139. The average molecular weight is 486 g/mol. The first kappa shape index (κ1) is 23.3. The zero-order chi connectivity index (χ0) is 23.8. The molecule has 33 heavy (non-hydrogen) atoms. The van der Waals surface area contributed by atoms with Crippen molar-refractivity contribution in [1.29, 1.82) is 0 Å². The molecule has 176 valence electrons. The summed E-state index contributed by atoms with van der Waals surface area (Å²) in [5.74, 6) is -8.21. The fourth-order valence-electron chi connectivity index (χ4n) is 3.76. The number of hydrogen-bond acceptors (Lipinski definition) is 7. The number of ether oxygens (including phenoxy) is 1. The summed E-state index contributed by atoms with van der Waals surface area (Å²) >= 11 is 1.20. The first-order valence-corrected chi connectivity index (χ1v) is 11.0. The van der Waals surface area contributed by atoms with E-state index in [9.17, 15) is 26.7 Å². The number of aromatic nitrogens is 1. The predicted octanol–water partition coefficient (Wildman–Crippen LogP) is 3.81. The highest BCUT2D eigenvalue weighted by Crippen LogP contribution is 2.36. The van der Waals surface area contributed by atoms with Crippen LogP contribution in [0, 0.1) is 17.5 Å². The molecule has 1 atom stereocenters. The minimum Gasteiger partial charge on any atom is -0.463 e. The van der Waals surface area contributed by atoms with Crippen LogP contribution in [-0.2, 0) is 9.53 Å². The van der Waals surface area contributed by atoms with Crippen LogP contribution in [0.2, 0.25) is 0 Å². The van der Waals surface area contributed by atoms with Crippen LogP contribution in [0.1, 0.15) is 30.0 Å². The van der Waals surface area contributed by atoms with Crippen LogP contribution in [0.4, 0.5) is 22.0 Å². The van der Waals surface area contributed by atoms with Gasteiger partial charge in [0, 0.05) is 42.3 Å². The highest BCUT2D eigenvalue weighted by molar-refractivity contribution is 7.11. The third-order valence-corrected chi connectivity index (χ3v) is 6.03. The van der Waals surface area contributed by atoms with Crippen molar-refractivity contribution in [1.82, 2.24) is 15.2 Å². The second kappa shape index (κ2) is 9.18. The fraction of sp³-hybridized carbons (Fsp3) is 0.381. The van der Waals surface area contributed by atoms with Gasteiger partial charge < -0.3 is 10.1 Å². The van der Waals surface area contributed by atoms with E-state index < -0.39 is 47.5 Å². The molecule has 0 spiro atoms. The predicted molar refractivity (Wildman–Crippen MR) is 111 cm³/mol. The summed E-state index contributed by atoms with van der Waals surface area (Å²) in [4.78, 5) is 22.8. The molecule has 0 radical (unpaired) electrons. The Balaban J connectivity index is 1.84. The van der Waals surface area contributed by atoms with Crippen LogP contribution in [0.15, 0.2) is 40.0 Å². The average Bonchev–Trinajstić information content (AvgIpc) is 3.41. The van der Waals surface area contributed by atoms with Gasteiger partial charge >= 0.3 is 5.97 Å². The van der Waals surface area contributed by atoms with E-state index in [2.05, 4.69) is 15.3 Å². The van der Waals surface area contributed by atoms with E-state index in [-0.39, 0.29) is 43.2 Å². The summed E-state index contributed by atoms with van der Waals surface area (Å²) in [5.41, 5.74) is -0.408. The number of esters is 1. The largest absolute Gasteiger partial charge is 0.463 e. The third kappa shape index (κ3) is 4.76. The van der Waals surface area contributed by atoms with E-state index in [0.29, 0.717) is 5.01 Å². The molecule has 2 aromatic rings. The molecule has 1 N–H and O–H groups in total. The number of hydrogen-bond donors (Lipinski definition) is 1. The topological polar surface area (TPSA) is 66.8 Å². The molecular weight excluding hydrogens is 467 g/mol. The van der Waals surface area contributed by atoms with Crippen molar-refractivity contribution in [3.63, 3.8) is 0 Å². The standard InChI is InChI=1S/C21H19F5N4O2S/c1-2-32-20(31)14-13(9-30-7-5-21(25,26)10-30)28-18(19-27-6-8-33-19)29-17(14)11-3-4-12(22)16(24)15(11)23/h3-4,6,8,17H,2,5,7,9-10H2,1H3,(H,28,29). The van der Waals surface area contributed by atoms with Gasteiger partial charge in [-0.3, -0.25) is 9.89 Å². The Morgan fingerprint density at radius 1 is 1.30 bits per heavy atom. The van der Waals surface area contributed by atoms with Gasteiger partial charge in [0.15, 0.2) is 28.3 Å². The third-order valence-electron chi connectivity index (χ3n) is 5.25. The van der Waals surface area contributed by atoms with Gasteiger partial charge in [0.2, 0.25) is 0 Å².